The molecule has 176 valence electrons. The zero-order valence-electron chi connectivity index (χ0n) is 18.8. The van der Waals surface area contributed by atoms with Gasteiger partial charge in [-0.25, -0.2) is 4.39 Å². The maximum absolute atomic E-state index is 14.9. The van der Waals surface area contributed by atoms with E-state index in [0.717, 1.165) is 36.4 Å². The predicted octanol–water partition coefficient (Wildman–Crippen LogP) is 3.87. The maximum atomic E-state index is 14.9. The van der Waals surface area contributed by atoms with Crippen molar-refractivity contribution in [3.63, 3.8) is 0 Å². The lowest BCUT2D eigenvalue weighted by Gasteiger charge is -2.23. The van der Waals surface area contributed by atoms with Gasteiger partial charge in [0.1, 0.15) is 17.6 Å². The highest BCUT2D eigenvalue weighted by atomic mass is 32.2. The third kappa shape index (κ3) is 4.52. The van der Waals surface area contributed by atoms with E-state index >= 15 is 0 Å². The molecule has 1 N–H and O–H groups in total. The molecule has 34 heavy (non-hydrogen) atoms. The molecular weight excluding hydrogens is 455 g/mol. The molecule has 1 saturated heterocycles. The molecule has 0 unspecified atom stereocenters. The van der Waals surface area contributed by atoms with Crippen molar-refractivity contribution in [1.82, 2.24) is 10.5 Å². The van der Waals surface area contributed by atoms with Gasteiger partial charge >= 0.3 is 0 Å². The van der Waals surface area contributed by atoms with Crippen molar-refractivity contribution < 1.29 is 18.5 Å². The molecule has 3 heterocycles. The van der Waals surface area contributed by atoms with Crippen LogP contribution in [-0.2, 0) is 11.2 Å². The topological polar surface area (TPSA) is 78.7 Å². The molecule has 5 rings (SSSR count). The maximum Gasteiger partial charge on any atom is 0.274 e. The predicted molar refractivity (Wildman–Crippen MR) is 129 cm³/mol. The zero-order valence-corrected chi connectivity index (χ0v) is 19.6. The summed E-state index contributed by atoms with van der Waals surface area (Å²) in [6, 6.07) is 13.8. The van der Waals surface area contributed by atoms with Crippen molar-refractivity contribution in [1.29, 1.82) is 0 Å². The number of amides is 2. The first-order valence-corrected chi connectivity index (χ1v) is 12.3. The van der Waals surface area contributed by atoms with E-state index in [0.29, 0.717) is 29.3 Å². The van der Waals surface area contributed by atoms with Crippen LogP contribution < -0.4 is 15.1 Å². The summed E-state index contributed by atoms with van der Waals surface area (Å²) in [6.45, 7) is 1.66. The number of hydrogen-bond donors (Lipinski definition) is 1. The molecule has 9 heteroatoms. The molecule has 7 nitrogen and oxygen atoms in total. The second-order valence-corrected chi connectivity index (χ2v) is 9.60. The second-order valence-electron chi connectivity index (χ2n) is 8.54. The summed E-state index contributed by atoms with van der Waals surface area (Å²) in [5.74, 6) is -0.225. The van der Waals surface area contributed by atoms with Gasteiger partial charge in [-0.05, 0) is 24.5 Å². The van der Waals surface area contributed by atoms with Gasteiger partial charge in [-0.1, -0.05) is 35.5 Å². The molecule has 0 saturated carbocycles. The molecule has 1 aromatic heterocycles. The van der Waals surface area contributed by atoms with E-state index in [-0.39, 0.29) is 17.4 Å². The Balaban J connectivity index is 1.29. The summed E-state index contributed by atoms with van der Waals surface area (Å²) in [7, 11) is 1.61. The van der Waals surface area contributed by atoms with Crippen LogP contribution in [0.2, 0.25) is 0 Å². The number of benzene rings is 2. The largest absolute Gasteiger partial charge is 0.369 e. The number of rotatable bonds is 5. The van der Waals surface area contributed by atoms with Gasteiger partial charge in [0.05, 0.1) is 11.4 Å². The lowest BCUT2D eigenvalue weighted by molar-refractivity contribution is -0.119. The number of nitrogens with zero attached hydrogens (tertiary/aromatic N) is 3. The molecule has 3 aromatic rings. The molecule has 2 aliphatic rings. The normalized spacial score (nSPS) is 18.1. The average Bonchev–Trinajstić information content (AvgIpc) is 3.52. The first kappa shape index (κ1) is 22.5. The molecule has 0 bridgehead atoms. The first-order valence-electron chi connectivity index (χ1n) is 11.3. The van der Waals surface area contributed by atoms with Gasteiger partial charge in [0.2, 0.25) is 5.91 Å². The van der Waals surface area contributed by atoms with Crippen LogP contribution in [0.1, 0.15) is 34.7 Å². The van der Waals surface area contributed by atoms with E-state index in [2.05, 4.69) is 10.5 Å². The molecular formula is C25H25FN4O3S. The lowest BCUT2D eigenvalue weighted by Crippen LogP contribution is -2.48. The molecule has 0 radical (unpaired) electrons. The Hall–Kier alpha value is -3.33. The molecule has 2 amide bonds. The summed E-state index contributed by atoms with van der Waals surface area (Å²) in [4.78, 5) is 30.2. The van der Waals surface area contributed by atoms with E-state index in [1.165, 1.54) is 22.7 Å². The Kier molecular flexibility index (Phi) is 6.28. The standard InChI is InChI=1S/C25H25FN4O3S/c1-29-22-13-18(26)21(30-9-5-6-10-30)14-23(22)34-15-20(25(29)32)27-24(31)19-12-17(33-28-19)11-16-7-3-2-4-8-16/h2-4,7-8,12-14,20H,5-6,9-11,15H2,1H3,(H,27,31)/t20-/m0/s1. The monoisotopic (exact) mass is 480 g/mol. The Bertz CT molecular complexity index is 1210. The number of carbonyl (C=O) groups is 2. The van der Waals surface area contributed by atoms with Crippen LogP contribution >= 0.6 is 11.8 Å². The Morgan fingerprint density at radius 2 is 1.94 bits per heavy atom. The number of nitrogens with one attached hydrogen (secondary N) is 1. The van der Waals surface area contributed by atoms with Crippen molar-refractivity contribution in [2.75, 3.05) is 35.7 Å². The summed E-state index contributed by atoms with van der Waals surface area (Å²) in [5, 5.41) is 6.65. The fourth-order valence-electron chi connectivity index (χ4n) is 4.34. The first-order chi connectivity index (χ1) is 16.5. The van der Waals surface area contributed by atoms with Gasteiger partial charge in [0.25, 0.3) is 5.91 Å². The Morgan fingerprint density at radius 1 is 1.18 bits per heavy atom. The minimum Gasteiger partial charge on any atom is -0.369 e. The Labute approximate surface area is 201 Å². The third-order valence-electron chi connectivity index (χ3n) is 6.19. The van der Waals surface area contributed by atoms with Crippen molar-refractivity contribution in [3.8, 4) is 0 Å². The highest BCUT2D eigenvalue weighted by Gasteiger charge is 2.32. The molecule has 0 aliphatic carbocycles. The molecule has 2 aliphatic heterocycles. The van der Waals surface area contributed by atoms with Crippen LogP contribution in [0.25, 0.3) is 0 Å². The number of carbonyl (C=O) groups excluding carboxylic acids is 2. The second kappa shape index (κ2) is 9.50. The average molecular weight is 481 g/mol. The van der Waals surface area contributed by atoms with E-state index < -0.39 is 11.9 Å². The summed E-state index contributed by atoms with van der Waals surface area (Å²) >= 11 is 1.44. The van der Waals surface area contributed by atoms with Crippen molar-refractivity contribution in [3.05, 3.63) is 71.4 Å². The van der Waals surface area contributed by atoms with Crippen molar-refractivity contribution in [2.45, 2.75) is 30.2 Å². The van der Waals surface area contributed by atoms with Crippen LogP contribution in [-0.4, -0.2) is 48.9 Å². The number of halogens is 1. The number of fused-ring (bicyclic) bond motifs is 1. The van der Waals surface area contributed by atoms with Crippen LogP contribution in [0.3, 0.4) is 0 Å². The number of hydrogen-bond acceptors (Lipinski definition) is 6. The number of anilines is 2. The number of likely N-dealkylation sites (N-methyl/N-ethyl adjacent to an activating group) is 1. The van der Waals surface area contributed by atoms with Gasteiger partial charge < -0.3 is 19.6 Å². The number of aromatic nitrogens is 1. The van der Waals surface area contributed by atoms with Crippen LogP contribution in [0.4, 0.5) is 15.8 Å². The fraction of sp³-hybridized carbons (Fsp3) is 0.320. The van der Waals surface area contributed by atoms with Gasteiger partial charge in [0.15, 0.2) is 5.69 Å². The summed E-state index contributed by atoms with van der Waals surface area (Å²) in [5.41, 5.74) is 2.25. The minimum atomic E-state index is -0.775. The Morgan fingerprint density at radius 3 is 2.71 bits per heavy atom. The summed E-state index contributed by atoms with van der Waals surface area (Å²) in [6.07, 6.45) is 2.61. The van der Waals surface area contributed by atoms with Crippen LogP contribution in [0, 0.1) is 5.82 Å². The smallest absolute Gasteiger partial charge is 0.274 e. The van der Waals surface area contributed by atoms with Gasteiger partial charge in [-0.2, -0.15) is 0 Å². The van der Waals surface area contributed by atoms with Crippen molar-refractivity contribution in [2.24, 2.45) is 0 Å². The van der Waals surface area contributed by atoms with Crippen LogP contribution in [0.5, 0.6) is 0 Å². The van der Waals surface area contributed by atoms with Gasteiger partial charge in [0, 0.05) is 49.3 Å². The van der Waals surface area contributed by atoms with E-state index in [4.69, 9.17) is 4.52 Å². The van der Waals surface area contributed by atoms with Gasteiger partial charge in [-0.15, -0.1) is 11.8 Å². The van der Waals surface area contributed by atoms with Crippen LogP contribution in [0.15, 0.2) is 57.9 Å². The lowest BCUT2D eigenvalue weighted by atomic mass is 10.1. The molecule has 1 fully saturated rings. The SMILES string of the molecule is CN1C(=O)[C@@H](NC(=O)c2cc(Cc3ccccc3)on2)CSc2cc(N3CCCC3)c(F)cc21. The fourth-order valence-corrected chi connectivity index (χ4v) is 5.45. The minimum absolute atomic E-state index is 0.121. The molecule has 2 aromatic carbocycles. The molecule has 1 atom stereocenters. The van der Waals surface area contributed by atoms with Gasteiger partial charge in [-0.3, -0.25) is 9.59 Å². The van der Waals surface area contributed by atoms with E-state index in [1.807, 2.05) is 41.3 Å². The quantitative estimate of drug-likeness (QED) is 0.597. The zero-order chi connectivity index (χ0) is 23.7. The number of thioether (sulfide) groups is 1. The van der Waals surface area contributed by atoms with E-state index in [9.17, 15) is 14.0 Å². The highest BCUT2D eigenvalue weighted by molar-refractivity contribution is 7.99. The van der Waals surface area contributed by atoms with Crippen molar-refractivity contribution >= 4 is 35.0 Å². The highest BCUT2D eigenvalue weighted by Crippen LogP contribution is 2.39. The van der Waals surface area contributed by atoms with E-state index in [1.54, 1.807) is 13.1 Å². The summed E-state index contributed by atoms with van der Waals surface area (Å²) < 4.78 is 20.2. The molecule has 0 spiro atoms. The third-order valence-corrected chi connectivity index (χ3v) is 7.33.